The van der Waals surface area contributed by atoms with Crippen LogP contribution in [0, 0.1) is 5.41 Å². The van der Waals surface area contributed by atoms with Crippen LogP contribution in [0.3, 0.4) is 0 Å². The fourth-order valence-electron chi connectivity index (χ4n) is 3.34. The van der Waals surface area contributed by atoms with Crippen molar-refractivity contribution in [1.29, 1.82) is 0 Å². The summed E-state index contributed by atoms with van der Waals surface area (Å²) in [6.45, 7) is 10.2. The summed E-state index contributed by atoms with van der Waals surface area (Å²) in [6.07, 6.45) is 3.96. The SMILES string of the molecule is COC(=O)[C@]1(C)CCCC[C@@H]1B1OC(C)(C)C(C)(C)O1. The first kappa shape index (κ1) is 15.8. The molecule has 114 valence electrons. The van der Waals surface area contributed by atoms with Crippen molar-refractivity contribution >= 4 is 13.1 Å². The van der Waals surface area contributed by atoms with E-state index in [-0.39, 0.29) is 30.1 Å². The standard InChI is InChI=1S/C15H27BO4/c1-13(2)14(3,4)20-16(19-13)11-9-7-8-10-15(11,5)12(17)18-6/h11H,7-10H2,1-6H3/t11-,15+/m0/s1. The van der Waals surface area contributed by atoms with Gasteiger partial charge in [-0.15, -0.1) is 0 Å². The van der Waals surface area contributed by atoms with Crippen molar-refractivity contribution in [3.05, 3.63) is 0 Å². The van der Waals surface area contributed by atoms with Crippen molar-refractivity contribution < 1.29 is 18.8 Å². The molecule has 1 saturated carbocycles. The van der Waals surface area contributed by atoms with Crippen molar-refractivity contribution in [2.45, 2.75) is 77.3 Å². The Morgan fingerprint density at radius 3 is 2.15 bits per heavy atom. The van der Waals surface area contributed by atoms with Gasteiger partial charge in [-0.1, -0.05) is 19.3 Å². The van der Waals surface area contributed by atoms with Crippen LogP contribution < -0.4 is 0 Å². The van der Waals surface area contributed by atoms with E-state index in [2.05, 4.69) is 0 Å². The van der Waals surface area contributed by atoms with E-state index in [9.17, 15) is 4.79 Å². The molecule has 2 aliphatic rings. The van der Waals surface area contributed by atoms with Crippen LogP contribution in [-0.4, -0.2) is 31.4 Å². The van der Waals surface area contributed by atoms with Crippen LogP contribution >= 0.6 is 0 Å². The highest BCUT2D eigenvalue weighted by atomic mass is 16.7. The van der Waals surface area contributed by atoms with Crippen molar-refractivity contribution in [2.24, 2.45) is 5.41 Å². The minimum atomic E-state index is -0.506. The quantitative estimate of drug-likeness (QED) is 0.576. The highest BCUT2D eigenvalue weighted by Crippen LogP contribution is 2.52. The Balaban J connectivity index is 2.25. The van der Waals surface area contributed by atoms with E-state index < -0.39 is 5.41 Å². The van der Waals surface area contributed by atoms with Crippen LogP contribution in [0.1, 0.15) is 60.3 Å². The smallest absolute Gasteiger partial charge is 0.462 e. The van der Waals surface area contributed by atoms with Crippen LogP contribution in [-0.2, 0) is 18.8 Å². The number of carbonyl (C=O) groups excluding carboxylic acids is 1. The molecule has 1 aliphatic heterocycles. The molecule has 1 aliphatic carbocycles. The largest absolute Gasteiger partial charge is 0.469 e. The van der Waals surface area contributed by atoms with Gasteiger partial charge in [0.05, 0.1) is 23.7 Å². The Hall–Kier alpha value is -0.545. The lowest BCUT2D eigenvalue weighted by Gasteiger charge is -2.39. The number of hydrogen-bond donors (Lipinski definition) is 0. The molecular weight excluding hydrogens is 255 g/mol. The molecule has 0 aromatic rings. The molecule has 4 nitrogen and oxygen atoms in total. The first-order chi connectivity index (χ1) is 9.14. The van der Waals surface area contributed by atoms with Crippen molar-refractivity contribution in [2.75, 3.05) is 7.11 Å². The van der Waals surface area contributed by atoms with Gasteiger partial charge in [-0.05, 0) is 41.0 Å². The topological polar surface area (TPSA) is 44.8 Å². The summed E-state index contributed by atoms with van der Waals surface area (Å²) in [6, 6.07) is 0. The lowest BCUT2D eigenvalue weighted by atomic mass is 9.52. The Morgan fingerprint density at radius 2 is 1.65 bits per heavy atom. The van der Waals surface area contributed by atoms with Gasteiger partial charge in [0.2, 0.25) is 0 Å². The van der Waals surface area contributed by atoms with Gasteiger partial charge in [-0.3, -0.25) is 4.79 Å². The van der Waals surface area contributed by atoms with Crippen molar-refractivity contribution in [3.8, 4) is 0 Å². The minimum Gasteiger partial charge on any atom is -0.469 e. The normalized spacial score (nSPS) is 35.9. The van der Waals surface area contributed by atoms with E-state index >= 15 is 0 Å². The highest BCUT2D eigenvalue weighted by Gasteiger charge is 2.59. The summed E-state index contributed by atoms with van der Waals surface area (Å²) in [7, 11) is 1.13. The molecule has 0 amide bonds. The molecule has 0 aromatic heterocycles. The van der Waals surface area contributed by atoms with E-state index in [1.165, 1.54) is 7.11 Å². The van der Waals surface area contributed by atoms with Crippen LogP contribution in [0.15, 0.2) is 0 Å². The number of ether oxygens (including phenoxy) is 1. The number of rotatable bonds is 2. The maximum Gasteiger partial charge on any atom is 0.462 e. The van der Waals surface area contributed by atoms with Gasteiger partial charge in [0, 0.05) is 5.82 Å². The molecule has 2 rings (SSSR count). The third-order valence-corrected chi connectivity index (χ3v) is 5.53. The van der Waals surface area contributed by atoms with E-state index in [1.807, 2.05) is 34.6 Å². The van der Waals surface area contributed by atoms with Crippen molar-refractivity contribution in [3.63, 3.8) is 0 Å². The molecule has 5 heteroatoms. The second kappa shape index (κ2) is 5.02. The molecule has 20 heavy (non-hydrogen) atoms. The van der Waals surface area contributed by atoms with Gasteiger partial charge < -0.3 is 14.0 Å². The predicted molar refractivity (Wildman–Crippen MR) is 78.4 cm³/mol. The lowest BCUT2D eigenvalue weighted by Crippen LogP contribution is -2.44. The molecule has 0 spiro atoms. The second-order valence-corrected chi connectivity index (χ2v) is 7.39. The molecule has 0 aromatic carbocycles. The van der Waals surface area contributed by atoms with Crippen LogP contribution in [0.5, 0.6) is 0 Å². The molecule has 0 radical (unpaired) electrons. The van der Waals surface area contributed by atoms with E-state index in [1.54, 1.807) is 0 Å². The van der Waals surface area contributed by atoms with Gasteiger partial charge in [-0.2, -0.15) is 0 Å². The number of hydrogen-bond acceptors (Lipinski definition) is 4. The van der Waals surface area contributed by atoms with Crippen molar-refractivity contribution in [1.82, 2.24) is 0 Å². The summed E-state index contributed by atoms with van der Waals surface area (Å²) in [5, 5.41) is 0. The summed E-state index contributed by atoms with van der Waals surface area (Å²) in [5.41, 5.74) is -1.22. The van der Waals surface area contributed by atoms with Gasteiger partial charge in [0.15, 0.2) is 0 Å². The summed E-state index contributed by atoms with van der Waals surface area (Å²) in [5.74, 6) is -0.0818. The summed E-state index contributed by atoms with van der Waals surface area (Å²) < 4.78 is 17.4. The van der Waals surface area contributed by atoms with Gasteiger partial charge in [-0.25, -0.2) is 0 Å². The monoisotopic (exact) mass is 282 g/mol. The number of methoxy groups -OCH3 is 1. The van der Waals surface area contributed by atoms with Crippen LogP contribution in [0.4, 0.5) is 0 Å². The Bertz CT molecular complexity index is 377. The fourth-order valence-corrected chi connectivity index (χ4v) is 3.34. The molecule has 0 N–H and O–H groups in total. The maximum absolute atomic E-state index is 12.2. The van der Waals surface area contributed by atoms with E-state index in [0.717, 1.165) is 25.7 Å². The average molecular weight is 282 g/mol. The Morgan fingerprint density at radius 1 is 1.10 bits per heavy atom. The van der Waals surface area contributed by atoms with Crippen LogP contribution in [0.25, 0.3) is 0 Å². The van der Waals surface area contributed by atoms with Crippen LogP contribution in [0.2, 0.25) is 5.82 Å². The molecule has 0 bridgehead atoms. The molecule has 1 heterocycles. The zero-order chi connectivity index (χ0) is 15.2. The summed E-state index contributed by atoms with van der Waals surface area (Å²) >= 11 is 0. The summed E-state index contributed by atoms with van der Waals surface area (Å²) in [4.78, 5) is 12.2. The predicted octanol–water partition coefficient (Wildman–Crippen LogP) is 3.20. The third-order valence-electron chi connectivity index (χ3n) is 5.53. The van der Waals surface area contributed by atoms with E-state index in [0.29, 0.717) is 0 Å². The highest BCUT2D eigenvalue weighted by molar-refractivity contribution is 6.48. The zero-order valence-corrected chi connectivity index (χ0v) is 13.6. The maximum atomic E-state index is 12.2. The first-order valence-corrected chi connectivity index (χ1v) is 7.58. The molecular formula is C15H27BO4. The lowest BCUT2D eigenvalue weighted by molar-refractivity contribution is -0.154. The molecule has 1 saturated heterocycles. The zero-order valence-electron chi connectivity index (χ0n) is 13.6. The van der Waals surface area contributed by atoms with Gasteiger partial charge in [0.25, 0.3) is 0 Å². The molecule has 2 fully saturated rings. The number of carbonyl (C=O) groups is 1. The minimum absolute atomic E-state index is 0.0600. The molecule has 0 unspecified atom stereocenters. The van der Waals surface area contributed by atoms with E-state index in [4.69, 9.17) is 14.0 Å². The second-order valence-electron chi connectivity index (χ2n) is 7.39. The first-order valence-electron chi connectivity index (χ1n) is 7.58. The number of esters is 1. The third kappa shape index (κ3) is 2.39. The Labute approximate surface area is 122 Å². The fraction of sp³-hybridized carbons (Fsp3) is 0.933. The van der Waals surface area contributed by atoms with Gasteiger partial charge >= 0.3 is 13.1 Å². The molecule has 2 atom stereocenters. The average Bonchev–Trinajstić information content (AvgIpc) is 2.57. The van der Waals surface area contributed by atoms with Gasteiger partial charge in [0.1, 0.15) is 0 Å². The Kier molecular flexibility index (Phi) is 3.98.